The van der Waals surface area contributed by atoms with Crippen molar-refractivity contribution in [2.24, 2.45) is 0 Å². The van der Waals surface area contributed by atoms with E-state index in [0.717, 1.165) is 18.5 Å². The van der Waals surface area contributed by atoms with E-state index in [-0.39, 0.29) is 16.1 Å². The van der Waals surface area contributed by atoms with Crippen LogP contribution in [0.2, 0.25) is 0 Å². The Labute approximate surface area is 119 Å². The molecule has 0 aliphatic rings. The summed E-state index contributed by atoms with van der Waals surface area (Å²) in [6, 6.07) is 0.871. The van der Waals surface area contributed by atoms with Crippen LogP contribution in [-0.4, -0.2) is 33.8 Å². The second-order valence-corrected chi connectivity index (χ2v) is 7.30. The summed E-state index contributed by atoms with van der Waals surface area (Å²) in [5.74, 6) is -0.765. The van der Waals surface area contributed by atoms with Crippen LogP contribution in [-0.2, 0) is 10.0 Å². The minimum absolute atomic E-state index is 0.0302. The lowest BCUT2D eigenvalue weighted by atomic mass is 10.5. The van der Waals surface area contributed by atoms with E-state index >= 15 is 0 Å². The van der Waals surface area contributed by atoms with Gasteiger partial charge in [0, 0.05) is 11.4 Å². The predicted octanol–water partition coefficient (Wildman–Crippen LogP) is 1.64. The van der Waals surface area contributed by atoms with Gasteiger partial charge in [-0.15, -0.1) is 5.10 Å². The molecular weight excluding hydrogens is 305 g/mol. The van der Waals surface area contributed by atoms with Crippen molar-refractivity contribution >= 4 is 27.7 Å². The lowest BCUT2D eigenvalue weighted by Gasteiger charge is -2.04. The van der Waals surface area contributed by atoms with Crippen LogP contribution in [0.1, 0.15) is 13.8 Å². The number of H-pyrrole nitrogens is 1. The summed E-state index contributed by atoms with van der Waals surface area (Å²) in [5, 5.41) is 7.02. The molecule has 2 N–H and O–H groups in total. The zero-order valence-electron chi connectivity index (χ0n) is 10.7. The largest absolute Gasteiger partial charge is 0.265 e. The molecule has 0 saturated carbocycles. The van der Waals surface area contributed by atoms with E-state index in [0.29, 0.717) is 5.16 Å². The minimum Gasteiger partial charge on any atom is -0.260 e. The molecule has 2 rings (SSSR count). The molecule has 0 fully saturated rings. The molecule has 2 heterocycles. The summed E-state index contributed by atoms with van der Waals surface area (Å²) in [5.41, 5.74) is 0. The number of aromatic nitrogens is 4. The van der Waals surface area contributed by atoms with Crippen molar-refractivity contribution in [2.45, 2.75) is 29.1 Å². The number of thioether (sulfide) groups is 1. The fraction of sp³-hybridized carbons (Fsp3) is 0.300. The molecule has 0 saturated heterocycles. The molecule has 0 aliphatic carbocycles. The topological polar surface area (TPSA) is 101 Å². The molecule has 2 aromatic heterocycles. The van der Waals surface area contributed by atoms with E-state index < -0.39 is 15.8 Å². The van der Waals surface area contributed by atoms with Gasteiger partial charge in [0.1, 0.15) is 10.7 Å². The van der Waals surface area contributed by atoms with Crippen molar-refractivity contribution in [1.82, 2.24) is 20.2 Å². The average molecular weight is 317 g/mol. The summed E-state index contributed by atoms with van der Waals surface area (Å²) < 4.78 is 39.1. The van der Waals surface area contributed by atoms with Gasteiger partial charge in [0.05, 0.1) is 6.20 Å². The maximum absolute atomic E-state index is 13.0. The van der Waals surface area contributed by atoms with Crippen molar-refractivity contribution in [3.05, 3.63) is 24.3 Å². The first-order valence-electron chi connectivity index (χ1n) is 5.59. The summed E-state index contributed by atoms with van der Waals surface area (Å²) in [6.45, 7) is 3.92. The molecular formula is C10H12FN5O2S2. The van der Waals surface area contributed by atoms with Gasteiger partial charge in [-0.1, -0.05) is 25.6 Å². The summed E-state index contributed by atoms with van der Waals surface area (Å²) in [4.78, 5) is 7.18. The summed E-state index contributed by atoms with van der Waals surface area (Å²) in [6.07, 6.45) is 1.97. The van der Waals surface area contributed by atoms with Crippen LogP contribution in [0.25, 0.3) is 0 Å². The molecule has 108 valence electrons. The lowest BCUT2D eigenvalue weighted by molar-refractivity contribution is 0.592. The molecule has 0 aromatic carbocycles. The first-order chi connectivity index (χ1) is 9.37. The molecule has 0 radical (unpaired) electrons. The van der Waals surface area contributed by atoms with Crippen molar-refractivity contribution in [3.8, 4) is 0 Å². The Morgan fingerprint density at radius 2 is 2.15 bits per heavy atom. The van der Waals surface area contributed by atoms with Crippen LogP contribution in [0.4, 0.5) is 10.3 Å². The van der Waals surface area contributed by atoms with Gasteiger partial charge in [-0.2, -0.15) is 4.98 Å². The van der Waals surface area contributed by atoms with E-state index in [1.165, 1.54) is 11.8 Å². The lowest BCUT2D eigenvalue weighted by Crippen LogP contribution is -2.14. The number of nitrogens with one attached hydrogen (secondary N) is 2. The van der Waals surface area contributed by atoms with Crippen LogP contribution >= 0.6 is 11.8 Å². The number of nitrogens with zero attached hydrogens (tertiary/aromatic N) is 3. The highest BCUT2D eigenvalue weighted by Gasteiger charge is 2.18. The van der Waals surface area contributed by atoms with Crippen LogP contribution in [0, 0.1) is 5.82 Å². The van der Waals surface area contributed by atoms with Gasteiger partial charge in [-0.25, -0.2) is 22.6 Å². The average Bonchev–Trinajstić information content (AvgIpc) is 2.74. The normalized spacial score (nSPS) is 11.8. The van der Waals surface area contributed by atoms with Gasteiger partial charge < -0.3 is 0 Å². The number of aromatic amines is 1. The van der Waals surface area contributed by atoms with Gasteiger partial charge in [0.15, 0.2) is 0 Å². The van der Waals surface area contributed by atoms with E-state index in [4.69, 9.17) is 0 Å². The van der Waals surface area contributed by atoms with Crippen molar-refractivity contribution in [2.75, 3.05) is 4.72 Å². The van der Waals surface area contributed by atoms with Crippen molar-refractivity contribution < 1.29 is 12.8 Å². The third-order valence-electron chi connectivity index (χ3n) is 2.03. The zero-order chi connectivity index (χ0) is 14.8. The van der Waals surface area contributed by atoms with Crippen molar-refractivity contribution in [1.29, 1.82) is 0 Å². The highest BCUT2D eigenvalue weighted by Crippen LogP contribution is 2.20. The molecule has 10 heteroatoms. The van der Waals surface area contributed by atoms with E-state index in [2.05, 4.69) is 24.9 Å². The molecule has 0 atom stereocenters. The Kier molecular flexibility index (Phi) is 4.23. The number of hydrogen-bond donors (Lipinski definition) is 2. The molecule has 0 unspecified atom stereocenters. The van der Waals surface area contributed by atoms with E-state index in [1.807, 2.05) is 13.8 Å². The maximum atomic E-state index is 13.0. The Morgan fingerprint density at radius 1 is 1.40 bits per heavy atom. The highest BCUT2D eigenvalue weighted by molar-refractivity contribution is 7.99. The maximum Gasteiger partial charge on any atom is 0.265 e. The Bertz CT molecular complexity index is 701. The number of rotatable bonds is 5. The first-order valence-corrected chi connectivity index (χ1v) is 7.95. The van der Waals surface area contributed by atoms with E-state index in [9.17, 15) is 12.8 Å². The standard InChI is InChI=1S/C10H12FN5O2S2/c1-6(2)19-10-13-9(14-15-10)16-20(17,18)8-3-7(11)4-12-5-8/h3-6H,1-2H3,(H2,13,14,15,16). The second kappa shape index (κ2) is 5.75. The first kappa shape index (κ1) is 14.7. The molecule has 0 spiro atoms. The monoisotopic (exact) mass is 317 g/mol. The van der Waals surface area contributed by atoms with E-state index in [1.54, 1.807) is 0 Å². The van der Waals surface area contributed by atoms with Crippen LogP contribution in [0.3, 0.4) is 0 Å². The number of anilines is 1. The Morgan fingerprint density at radius 3 is 2.80 bits per heavy atom. The Balaban J connectivity index is 2.18. The highest BCUT2D eigenvalue weighted by atomic mass is 32.2. The van der Waals surface area contributed by atoms with Gasteiger partial charge >= 0.3 is 0 Å². The van der Waals surface area contributed by atoms with Gasteiger partial charge in [0.25, 0.3) is 10.0 Å². The van der Waals surface area contributed by atoms with Gasteiger partial charge in [-0.3, -0.25) is 4.98 Å². The SMILES string of the molecule is CC(C)Sc1n[nH]c(NS(=O)(=O)c2cncc(F)c2)n1. The van der Waals surface area contributed by atoms with Crippen LogP contribution in [0.5, 0.6) is 0 Å². The molecule has 2 aromatic rings. The van der Waals surface area contributed by atoms with Gasteiger partial charge in [-0.05, 0) is 6.07 Å². The quantitative estimate of drug-likeness (QED) is 0.813. The van der Waals surface area contributed by atoms with Crippen LogP contribution in [0.15, 0.2) is 28.5 Å². The predicted molar refractivity (Wildman–Crippen MR) is 72.4 cm³/mol. The number of halogens is 1. The minimum atomic E-state index is -3.95. The molecule has 20 heavy (non-hydrogen) atoms. The Hall–Kier alpha value is -1.68. The third kappa shape index (κ3) is 3.67. The number of sulfonamides is 1. The zero-order valence-corrected chi connectivity index (χ0v) is 12.3. The number of hydrogen-bond acceptors (Lipinski definition) is 6. The van der Waals surface area contributed by atoms with Crippen molar-refractivity contribution in [3.63, 3.8) is 0 Å². The molecule has 0 amide bonds. The smallest absolute Gasteiger partial charge is 0.260 e. The summed E-state index contributed by atoms with van der Waals surface area (Å²) >= 11 is 1.38. The second-order valence-electron chi connectivity index (χ2n) is 4.08. The third-order valence-corrected chi connectivity index (χ3v) is 4.20. The molecule has 0 bridgehead atoms. The molecule has 7 nitrogen and oxygen atoms in total. The van der Waals surface area contributed by atoms with Crippen LogP contribution < -0.4 is 4.72 Å². The number of pyridine rings is 1. The molecule has 0 aliphatic heterocycles. The van der Waals surface area contributed by atoms with Gasteiger partial charge in [0.2, 0.25) is 11.1 Å². The summed E-state index contributed by atoms with van der Waals surface area (Å²) in [7, 11) is -3.95. The fourth-order valence-electron chi connectivity index (χ4n) is 1.28. The fourth-order valence-corrected chi connectivity index (χ4v) is 2.88.